The first-order valence-corrected chi connectivity index (χ1v) is 6.22. The number of hydrogen-bond acceptors (Lipinski definition) is 3. The normalized spacial score (nSPS) is 11.2. The van der Waals surface area contributed by atoms with E-state index in [1.54, 1.807) is 43.3 Å². The second-order valence-electron chi connectivity index (χ2n) is 4.25. The fraction of sp³-hybridized carbons (Fsp3) is 0.125. The van der Waals surface area contributed by atoms with Crippen LogP contribution in [0.15, 0.2) is 54.6 Å². The summed E-state index contributed by atoms with van der Waals surface area (Å²) in [5, 5.41) is 11.6. The van der Waals surface area contributed by atoms with Crippen LogP contribution >= 0.6 is 0 Å². The molecule has 0 radical (unpaired) electrons. The first-order valence-electron chi connectivity index (χ1n) is 6.22. The van der Waals surface area contributed by atoms with Gasteiger partial charge in [0.05, 0.1) is 11.6 Å². The fourth-order valence-electron chi connectivity index (χ4n) is 1.66. The van der Waals surface area contributed by atoms with E-state index >= 15 is 0 Å². The van der Waals surface area contributed by atoms with E-state index in [4.69, 9.17) is 10.00 Å². The number of benzene rings is 2. The lowest BCUT2D eigenvalue weighted by atomic mass is 10.2. The predicted molar refractivity (Wildman–Crippen MR) is 76.3 cm³/mol. The quantitative estimate of drug-likeness (QED) is 0.925. The number of amides is 1. The average Bonchev–Trinajstić information content (AvgIpc) is 2.48. The van der Waals surface area contributed by atoms with Crippen LogP contribution in [0.1, 0.15) is 12.5 Å². The topological polar surface area (TPSA) is 62.1 Å². The summed E-state index contributed by atoms with van der Waals surface area (Å²) in [5.41, 5.74) is 1.22. The second-order valence-corrected chi connectivity index (χ2v) is 4.25. The van der Waals surface area contributed by atoms with Gasteiger partial charge in [-0.15, -0.1) is 0 Å². The molecule has 1 atom stereocenters. The Balaban J connectivity index is 1.99. The number of carbonyl (C=O) groups excluding carboxylic acids is 1. The van der Waals surface area contributed by atoms with E-state index in [-0.39, 0.29) is 5.91 Å². The van der Waals surface area contributed by atoms with Crippen molar-refractivity contribution in [1.29, 1.82) is 5.26 Å². The largest absolute Gasteiger partial charge is 0.481 e. The van der Waals surface area contributed by atoms with Crippen LogP contribution in [0.4, 0.5) is 5.69 Å². The molecule has 0 aliphatic heterocycles. The van der Waals surface area contributed by atoms with Gasteiger partial charge in [-0.1, -0.05) is 24.3 Å². The van der Waals surface area contributed by atoms with Crippen LogP contribution in [0.25, 0.3) is 0 Å². The molecule has 0 saturated heterocycles. The van der Waals surface area contributed by atoms with Crippen molar-refractivity contribution in [2.45, 2.75) is 13.0 Å². The van der Waals surface area contributed by atoms with Crippen LogP contribution in [-0.4, -0.2) is 12.0 Å². The maximum absolute atomic E-state index is 12.0. The molecule has 4 nitrogen and oxygen atoms in total. The fourth-order valence-corrected chi connectivity index (χ4v) is 1.66. The number of para-hydroxylation sites is 1. The molecule has 0 aliphatic rings. The second kappa shape index (κ2) is 6.39. The van der Waals surface area contributed by atoms with Crippen molar-refractivity contribution in [2.75, 3.05) is 5.32 Å². The van der Waals surface area contributed by atoms with E-state index in [9.17, 15) is 4.79 Å². The van der Waals surface area contributed by atoms with Crippen molar-refractivity contribution in [1.82, 2.24) is 0 Å². The van der Waals surface area contributed by atoms with Crippen molar-refractivity contribution in [3.8, 4) is 11.8 Å². The Bertz CT molecular complexity index is 632. The molecule has 2 rings (SSSR count). The van der Waals surface area contributed by atoms with Crippen molar-refractivity contribution in [2.24, 2.45) is 0 Å². The lowest BCUT2D eigenvalue weighted by Gasteiger charge is -2.14. The van der Waals surface area contributed by atoms with Gasteiger partial charge in [0.2, 0.25) is 0 Å². The first kappa shape index (κ1) is 13.6. The smallest absolute Gasteiger partial charge is 0.265 e. The molecular formula is C16H14N2O2. The summed E-state index contributed by atoms with van der Waals surface area (Å²) >= 11 is 0. The van der Waals surface area contributed by atoms with Crippen LogP contribution < -0.4 is 10.1 Å². The zero-order valence-corrected chi connectivity index (χ0v) is 11.0. The van der Waals surface area contributed by atoms with Crippen LogP contribution in [0.3, 0.4) is 0 Å². The Labute approximate surface area is 117 Å². The van der Waals surface area contributed by atoms with Crippen molar-refractivity contribution in [3.05, 3.63) is 60.2 Å². The molecule has 4 heteroatoms. The van der Waals surface area contributed by atoms with E-state index in [0.717, 1.165) is 5.69 Å². The summed E-state index contributed by atoms with van der Waals surface area (Å²) < 4.78 is 5.53. The van der Waals surface area contributed by atoms with E-state index in [0.29, 0.717) is 11.3 Å². The number of nitriles is 1. The number of rotatable bonds is 4. The van der Waals surface area contributed by atoms with Gasteiger partial charge in [0.25, 0.3) is 5.91 Å². The van der Waals surface area contributed by atoms with Gasteiger partial charge < -0.3 is 10.1 Å². The van der Waals surface area contributed by atoms with Gasteiger partial charge in [-0.25, -0.2) is 0 Å². The minimum Gasteiger partial charge on any atom is -0.481 e. The number of ether oxygens (including phenoxy) is 1. The molecule has 1 amide bonds. The minimum atomic E-state index is -0.649. The van der Waals surface area contributed by atoms with Crippen LogP contribution in [0.2, 0.25) is 0 Å². The molecule has 20 heavy (non-hydrogen) atoms. The van der Waals surface area contributed by atoms with Crippen molar-refractivity contribution in [3.63, 3.8) is 0 Å². The molecule has 1 N–H and O–H groups in total. The van der Waals surface area contributed by atoms with Gasteiger partial charge in [-0.05, 0) is 37.3 Å². The van der Waals surface area contributed by atoms with Crippen LogP contribution in [0.5, 0.6) is 5.75 Å². The highest BCUT2D eigenvalue weighted by atomic mass is 16.5. The van der Waals surface area contributed by atoms with Gasteiger partial charge in [-0.3, -0.25) is 4.79 Å². The Kier molecular flexibility index (Phi) is 4.35. The summed E-state index contributed by atoms with van der Waals surface area (Å²) in [5.74, 6) is 0.262. The molecule has 1 unspecified atom stereocenters. The Morgan fingerprint density at radius 3 is 2.65 bits per heavy atom. The van der Waals surface area contributed by atoms with Crippen molar-refractivity contribution < 1.29 is 9.53 Å². The highest BCUT2D eigenvalue weighted by Gasteiger charge is 2.14. The summed E-state index contributed by atoms with van der Waals surface area (Å²) in [7, 11) is 0. The Morgan fingerprint density at radius 1 is 1.20 bits per heavy atom. The van der Waals surface area contributed by atoms with Gasteiger partial charge in [0, 0.05) is 5.69 Å². The number of hydrogen-bond donors (Lipinski definition) is 1. The third-order valence-corrected chi connectivity index (χ3v) is 2.69. The molecule has 0 aromatic heterocycles. The third kappa shape index (κ3) is 3.59. The molecule has 2 aromatic carbocycles. The number of nitrogens with one attached hydrogen (secondary N) is 1. The maximum atomic E-state index is 12.0. The molecule has 0 bridgehead atoms. The average molecular weight is 266 g/mol. The first-order chi connectivity index (χ1) is 9.69. The molecule has 0 fully saturated rings. The number of nitrogens with zero attached hydrogens (tertiary/aromatic N) is 1. The molecule has 0 spiro atoms. The summed E-state index contributed by atoms with van der Waals surface area (Å²) in [6, 6.07) is 17.9. The predicted octanol–water partition coefficient (Wildman–Crippen LogP) is 2.96. The maximum Gasteiger partial charge on any atom is 0.265 e. The summed E-state index contributed by atoms with van der Waals surface area (Å²) in [6.45, 7) is 1.66. The van der Waals surface area contributed by atoms with E-state index in [2.05, 4.69) is 5.32 Å². The highest BCUT2D eigenvalue weighted by Crippen LogP contribution is 2.15. The minimum absolute atomic E-state index is 0.237. The van der Waals surface area contributed by atoms with Gasteiger partial charge in [0.15, 0.2) is 6.10 Å². The number of anilines is 1. The molecule has 0 heterocycles. The van der Waals surface area contributed by atoms with E-state index < -0.39 is 6.10 Å². The van der Waals surface area contributed by atoms with E-state index in [1.807, 2.05) is 24.3 Å². The molecule has 2 aromatic rings. The van der Waals surface area contributed by atoms with Gasteiger partial charge in [0.1, 0.15) is 5.75 Å². The lowest BCUT2D eigenvalue weighted by Crippen LogP contribution is -2.30. The molecule has 0 saturated carbocycles. The third-order valence-electron chi connectivity index (χ3n) is 2.69. The zero-order valence-electron chi connectivity index (χ0n) is 11.0. The van der Waals surface area contributed by atoms with Gasteiger partial charge in [-0.2, -0.15) is 5.26 Å². The lowest BCUT2D eigenvalue weighted by molar-refractivity contribution is -0.122. The van der Waals surface area contributed by atoms with Crippen LogP contribution in [0, 0.1) is 11.3 Å². The molecule has 0 aliphatic carbocycles. The van der Waals surface area contributed by atoms with E-state index in [1.165, 1.54) is 0 Å². The van der Waals surface area contributed by atoms with Crippen molar-refractivity contribution >= 4 is 11.6 Å². The molecule has 100 valence electrons. The number of carbonyl (C=O) groups is 1. The summed E-state index contributed by atoms with van der Waals surface area (Å²) in [4.78, 5) is 12.0. The zero-order chi connectivity index (χ0) is 14.4. The standard InChI is InChI=1S/C16H14N2O2/c1-12(16(19)18-14-7-3-2-4-8-14)20-15-9-5-6-13(10-15)11-17/h2-10,12H,1H3,(H,18,19). The van der Waals surface area contributed by atoms with Gasteiger partial charge >= 0.3 is 0 Å². The Morgan fingerprint density at radius 2 is 1.95 bits per heavy atom. The SMILES string of the molecule is CC(Oc1cccc(C#N)c1)C(=O)Nc1ccccc1. The molecular weight excluding hydrogens is 252 g/mol. The van der Waals surface area contributed by atoms with Crippen LogP contribution in [-0.2, 0) is 4.79 Å². The monoisotopic (exact) mass is 266 g/mol. The Hall–Kier alpha value is -2.80. The summed E-state index contributed by atoms with van der Waals surface area (Å²) in [6.07, 6.45) is -0.649. The highest BCUT2D eigenvalue weighted by molar-refractivity contribution is 5.94.